The van der Waals surface area contributed by atoms with Crippen LogP contribution in [0.1, 0.15) is 13.8 Å². The third-order valence-corrected chi connectivity index (χ3v) is 1.83. The summed E-state index contributed by atoms with van der Waals surface area (Å²) < 4.78 is 10.7. The topological polar surface area (TPSA) is 52.6 Å². The monoisotopic (exact) mass is 244 g/mol. The van der Waals surface area contributed by atoms with Crippen LogP contribution >= 0.6 is 0 Å². The van der Waals surface area contributed by atoms with Crippen LogP contribution in [0, 0.1) is 0 Å². The molecule has 0 aromatic carbocycles. The van der Waals surface area contributed by atoms with Crippen molar-refractivity contribution in [3.63, 3.8) is 0 Å². The molecule has 0 aromatic rings. The van der Waals surface area contributed by atoms with Gasteiger partial charge in [0.15, 0.2) is 6.10 Å². The Kier molecular flexibility index (Phi) is 5.88. The van der Waals surface area contributed by atoms with Gasteiger partial charge < -0.3 is 14.0 Å². The van der Waals surface area contributed by atoms with E-state index in [0.717, 1.165) is 0 Å². The summed E-state index contributed by atoms with van der Waals surface area (Å²) in [5.74, 6) is -0.849. The van der Waals surface area contributed by atoms with Gasteiger partial charge in [0, 0.05) is 12.5 Å². The van der Waals surface area contributed by atoms with Gasteiger partial charge in [-0.15, -0.1) is 0 Å². The Morgan fingerprint density at radius 3 is 2.12 bits per heavy atom. The Bertz CT molecular complexity index is 304. The summed E-state index contributed by atoms with van der Waals surface area (Å²) in [4.78, 5) is 22.2. The largest absolute Gasteiger partial charge is 0.458 e. The molecular weight excluding hydrogens is 222 g/mol. The minimum atomic E-state index is -0.469. The highest BCUT2D eigenvalue weighted by molar-refractivity contribution is 5.86. The van der Waals surface area contributed by atoms with E-state index in [9.17, 15) is 9.59 Å². The molecule has 0 aliphatic carbocycles. The molecule has 5 heteroatoms. The molecule has 1 atom stereocenters. The van der Waals surface area contributed by atoms with Crippen molar-refractivity contribution in [1.29, 1.82) is 0 Å². The quantitative estimate of drug-likeness (QED) is 0.393. The number of hydrogen-bond acceptors (Lipinski definition) is 4. The van der Waals surface area contributed by atoms with E-state index >= 15 is 0 Å². The zero-order chi connectivity index (χ0) is 13.6. The van der Waals surface area contributed by atoms with Crippen LogP contribution in [-0.4, -0.2) is 56.8 Å². The number of esters is 2. The number of likely N-dealkylation sites (N-methyl/N-ethyl adjacent to an activating group) is 1. The number of hydrogen-bond donors (Lipinski definition) is 0. The number of carbonyl (C=O) groups is 2. The molecule has 98 valence electrons. The normalized spacial score (nSPS) is 12.8. The molecule has 0 aliphatic rings. The van der Waals surface area contributed by atoms with Gasteiger partial charge in [0.25, 0.3) is 0 Å². The lowest BCUT2D eigenvalue weighted by molar-refractivity contribution is -0.873. The van der Waals surface area contributed by atoms with Crippen LogP contribution in [0.25, 0.3) is 0 Å². The van der Waals surface area contributed by atoms with Gasteiger partial charge in [-0.2, -0.15) is 0 Å². The van der Waals surface area contributed by atoms with Crippen molar-refractivity contribution >= 4 is 11.9 Å². The lowest BCUT2D eigenvalue weighted by atomic mass is 10.3. The van der Waals surface area contributed by atoms with Crippen molar-refractivity contribution in [1.82, 2.24) is 0 Å². The average Bonchev–Trinajstić information content (AvgIpc) is 2.09. The van der Waals surface area contributed by atoms with Crippen LogP contribution in [0.15, 0.2) is 12.2 Å². The molecule has 1 unspecified atom stereocenters. The fourth-order valence-electron chi connectivity index (χ4n) is 1.26. The van der Waals surface area contributed by atoms with Gasteiger partial charge in [0.2, 0.25) is 0 Å². The molecule has 0 saturated heterocycles. The van der Waals surface area contributed by atoms with E-state index < -0.39 is 12.1 Å². The molecule has 0 aromatic heterocycles. The van der Waals surface area contributed by atoms with Crippen molar-refractivity contribution in [2.24, 2.45) is 0 Å². The van der Waals surface area contributed by atoms with Crippen LogP contribution < -0.4 is 0 Å². The van der Waals surface area contributed by atoms with Gasteiger partial charge in [0.05, 0.1) is 21.1 Å². The average molecular weight is 244 g/mol. The van der Waals surface area contributed by atoms with E-state index in [1.54, 1.807) is 6.92 Å². The summed E-state index contributed by atoms with van der Waals surface area (Å²) in [6, 6.07) is 0. The van der Waals surface area contributed by atoms with Crippen molar-refractivity contribution in [2.45, 2.75) is 20.0 Å². The first-order valence-corrected chi connectivity index (χ1v) is 5.42. The molecule has 0 amide bonds. The number of nitrogens with zero attached hydrogens (tertiary/aromatic N) is 1. The van der Waals surface area contributed by atoms with Gasteiger partial charge in [-0.25, -0.2) is 4.79 Å². The van der Waals surface area contributed by atoms with Crippen LogP contribution in [0.4, 0.5) is 0 Å². The fraction of sp³-hybridized carbons (Fsp3) is 0.667. The van der Waals surface area contributed by atoms with Crippen molar-refractivity contribution in [3.8, 4) is 0 Å². The van der Waals surface area contributed by atoms with Crippen LogP contribution in [0.5, 0.6) is 0 Å². The summed E-state index contributed by atoms with van der Waals surface area (Å²) >= 11 is 0. The van der Waals surface area contributed by atoms with E-state index in [2.05, 4.69) is 6.58 Å². The predicted octanol–water partition coefficient (Wildman–Crippen LogP) is 0.744. The molecule has 0 aliphatic heterocycles. The smallest absolute Gasteiger partial charge is 0.333 e. The highest BCUT2D eigenvalue weighted by Crippen LogP contribution is 2.03. The zero-order valence-electron chi connectivity index (χ0n) is 11.3. The van der Waals surface area contributed by atoms with E-state index in [-0.39, 0.29) is 12.6 Å². The van der Waals surface area contributed by atoms with Gasteiger partial charge in [-0.05, 0) is 6.92 Å². The molecule has 5 nitrogen and oxygen atoms in total. The van der Waals surface area contributed by atoms with Crippen molar-refractivity contribution in [3.05, 3.63) is 12.2 Å². The Morgan fingerprint density at radius 2 is 1.76 bits per heavy atom. The SMILES string of the molecule is C=C(C)C(=O)OCC(C[N+](C)(C)C)OC(C)=O. The van der Waals surface area contributed by atoms with Gasteiger partial charge >= 0.3 is 11.9 Å². The molecule has 0 radical (unpaired) electrons. The first-order valence-electron chi connectivity index (χ1n) is 5.42. The third kappa shape index (κ3) is 8.45. The molecule has 0 heterocycles. The Balaban J connectivity index is 4.34. The van der Waals surface area contributed by atoms with Gasteiger partial charge in [0.1, 0.15) is 13.2 Å². The summed E-state index contributed by atoms with van der Waals surface area (Å²) in [7, 11) is 5.91. The predicted molar refractivity (Wildman–Crippen MR) is 64.2 cm³/mol. The fourth-order valence-corrected chi connectivity index (χ4v) is 1.26. The molecule has 17 heavy (non-hydrogen) atoms. The van der Waals surface area contributed by atoms with Crippen LogP contribution in [0.2, 0.25) is 0 Å². The molecule has 0 bridgehead atoms. The van der Waals surface area contributed by atoms with Crippen molar-refractivity contribution < 1.29 is 23.5 Å². The molecule has 0 N–H and O–H groups in total. The summed E-state index contributed by atoms with van der Waals surface area (Å²) in [6.07, 6.45) is -0.434. The van der Waals surface area contributed by atoms with Crippen LogP contribution in [0.3, 0.4) is 0 Å². The maximum absolute atomic E-state index is 11.2. The highest BCUT2D eigenvalue weighted by atomic mass is 16.6. The van der Waals surface area contributed by atoms with E-state index in [0.29, 0.717) is 16.6 Å². The summed E-state index contributed by atoms with van der Waals surface area (Å²) in [5.41, 5.74) is 0.330. The molecule has 0 saturated carbocycles. The molecule has 0 rings (SSSR count). The summed E-state index contributed by atoms with van der Waals surface area (Å²) in [5, 5.41) is 0. The number of ether oxygens (including phenoxy) is 2. The highest BCUT2D eigenvalue weighted by Gasteiger charge is 2.22. The maximum Gasteiger partial charge on any atom is 0.333 e. The van der Waals surface area contributed by atoms with E-state index in [1.807, 2.05) is 21.1 Å². The molecular formula is C12H22NO4+. The van der Waals surface area contributed by atoms with E-state index in [4.69, 9.17) is 9.47 Å². The van der Waals surface area contributed by atoms with Gasteiger partial charge in [-0.3, -0.25) is 4.79 Å². The second-order valence-electron chi connectivity index (χ2n) is 5.08. The Labute approximate surface area is 103 Å². The standard InChI is InChI=1S/C12H22NO4/c1-9(2)12(15)16-8-11(17-10(3)14)7-13(4,5)6/h11H,1,7-8H2,2-6H3/q+1. The first-order chi connectivity index (χ1) is 7.61. The molecule has 0 spiro atoms. The van der Waals surface area contributed by atoms with Crippen molar-refractivity contribution in [2.75, 3.05) is 34.3 Å². The lowest BCUT2D eigenvalue weighted by Gasteiger charge is -2.28. The van der Waals surface area contributed by atoms with Gasteiger partial charge in [-0.1, -0.05) is 6.58 Å². The van der Waals surface area contributed by atoms with E-state index in [1.165, 1.54) is 6.92 Å². The Morgan fingerprint density at radius 1 is 1.24 bits per heavy atom. The molecule has 0 fully saturated rings. The third-order valence-electron chi connectivity index (χ3n) is 1.83. The minimum Gasteiger partial charge on any atom is -0.458 e. The minimum absolute atomic E-state index is 0.0563. The lowest BCUT2D eigenvalue weighted by Crippen LogP contribution is -2.44. The number of rotatable bonds is 6. The van der Waals surface area contributed by atoms with Crippen LogP contribution in [-0.2, 0) is 19.1 Å². The zero-order valence-corrected chi connectivity index (χ0v) is 11.3. The number of carbonyl (C=O) groups excluding carboxylic acids is 2. The number of quaternary nitrogens is 1. The maximum atomic E-state index is 11.2. The summed E-state index contributed by atoms with van der Waals surface area (Å²) in [6.45, 7) is 7.02. The Hall–Kier alpha value is -1.36. The second kappa shape index (κ2) is 6.39. The second-order valence-corrected chi connectivity index (χ2v) is 5.08. The first kappa shape index (κ1) is 15.6.